The molecule has 2 aromatic carbocycles. The lowest BCUT2D eigenvalue weighted by Crippen LogP contribution is -2.20. The second-order valence-electron chi connectivity index (χ2n) is 4.48. The third-order valence-corrected chi connectivity index (χ3v) is 2.99. The van der Waals surface area contributed by atoms with Crippen molar-refractivity contribution in [3.05, 3.63) is 78.6 Å². The largest absolute Gasteiger partial charge is 0.460 e. The van der Waals surface area contributed by atoms with Crippen molar-refractivity contribution in [2.45, 2.75) is 6.54 Å². The van der Waals surface area contributed by atoms with Gasteiger partial charge in [-0.15, -0.1) is 0 Å². The van der Waals surface area contributed by atoms with Gasteiger partial charge < -0.3 is 9.84 Å². The predicted molar refractivity (Wildman–Crippen MR) is 81.0 cm³/mol. The topological polar surface area (TPSA) is 37.2 Å². The first kappa shape index (κ1) is 12.5. The molecule has 3 nitrogen and oxygen atoms in total. The molecule has 2 N–H and O–H groups in total. The van der Waals surface area contributed by atoms with E-state index >= 15 is 0 Å². The molecular weight excluding hydrogens is 248 g/mol. The lowest BCUT2D eigenvalue weighted by molar-refractivity contribution is 0.506. The Morgan fingerprint density at radius 1 is 0.750 bits per heavy atom. The summed E-state index contributed by atoms with van der Waals surface area (Å²) in [5.74, 6) is 1.79. The van der Waals surface area contributed by atoms with Gasteiger partial charge in [0.05, 0.1) is 6.54 Å². The maximum atomic E-state index is 5.81. The maximum Gasteiger partial charge on any atom is 0.134 e. The summed E-state index contributed by atoms with van der Waals surface area (Å²) in [7, 11) is 0. The molecule has 0 radical (unpaired) electrons. The molecular formula is C17H16N2O. The van der Waals surface area contributed by atoms with Crippen LogP contribution in [0.25, 0.3) is 11.3 Å². The summed E-state index contributed by atoms with van der Waals surface area (Å²) in [5, 5.41) is 0. The third kappa shape index (κ3) is 3.08. The van der Waals surface area contributed by atoms with Crippen LogP contribution in [0, 0.1) is 0 Å². The SMILES string of the molecule is c1ccc(NNCc2ccc(-c3ccccc3)o2)cc1. The number of hydrogen-bond donors (Lipinski definition) is 2. The van der Waals surface area contributed by atoms with Crippen molar-refractivity contribution in [2.24, 2.45) is 0 Å². The van der Waals surface area contributed by atoms with Crippen LogP contribution >= 0.6 is 0 Å². The Morgan fingerprint density at radius 2 is 1.45 bits per heavy atom. The molecule has 0 unspecified atom stereocenters. The Balaban J connectivity index is 1.58. The molecule has 20 heavy (non-hydrogen) atoms. The van der Waals surface area contributed by atoms with Crippen molar-refractivity contribution in [2.75, 3.05) is 5.43 Å². The van der Waals surface area contributed by atoms with Crippen LogP contribution in [0.2, 0.25) is 0 Å². The Hall–Kier alpha value is -2.52. The first-order valence-electron chi connectivity index (χ1n) is 6.60. The highest BCUT2D eigenvalue weighted by atomic mass is 16.3. The van der Waals surface area contributed by atoms with Gasteiger partial charge in [0, 0.05) is 11.3 Å². The van der Waals surface area contributed by atoms with E-state index in [2.05, 4.69) is 10.9 Å². The highest BCUT2D eigenvalue weighted by molar-refractivity contribution is 5.57. The third-order valence-electron chi connectivity index (χ3n) is 2.99. The number of hydrogen-bond acceptors (Lipinski definition) is 3. The van der Waals surface area contributed by atoms with Gasteiger partial charge in [0.2, 0.25) is 0 Å². The standard InChI is InChI=1S/C17H16N2O/c1-3-7-14(8-4-1)17-12-11-16(20-17)13-18-19-15-9-5-2-6-10-15/h1-12,18-19H,13H2. The highest BCUT2D eigenvalue weighted by Gasteiger charge is 2.03. The van der Waals surface area contributed by atoms with E-state index in [9.17, 15) is 0 Å². The van der Waals surface area contributed by atoms with Crippen LogP contribution in [0.5, 0.6) is 0 Å². The summed E-state index contributed by atoms with van der Waals surface area (Å²) in [4.78, 5) is 0. The molecule has 0 saturated carbocycles. The summed E-state index contributed by atoms with van der Waals surface area (Å²) in [6, 6.07) is 24.1. The van der Waals surface area contributed by atoms with E-state index in [0.29, 0.717) is 6.54 Å². The summed E-state index contributed by atoms with van der Waals surface area (Å²) >= 11 is 0. The monoisotopic (exact) mass is 264 g/mol. The second kappa shape index (κ2) is 6.08. The van der Waals surface area contributed by atoms with E-state index in [0.717, 1.165) is 22.8 Å². The van der Waals surface area contributed by atoms with Crippen LogP contribution in [-0.2, 0) is 6.54 Å². The fourth-order valence-electron chi connectivity index (χ4n) is 1.99. The van der Waals surface area contributed by atoms with Gasteiger partial charge in [-0.1, -0.05) is 48.5 Å². The number of hydrazine groups is 1. The average molecular weight is 264 g/mol. The predicted octanol–water partition coefficient (Wildman–Crippen LogP) is 4.06. The minimum Gasteiger partial charge on any atom is -0.460 e. The number of para-hydroxylation sites is 1. The van der Waals surface area contributed by atoms with Crippen molar-refractivity contribution < 1.29 is 4.42 Å². The molecule has 3 heteroatoms. The van der Waals surface area contributed by atoms with Crippen molar-refractivity contribution in [1.29, 1.82) is 0 Å². The number of anilines is 1. The van der Waals surface area contributed by atoms with Gasteiger partial charge in [0.1, 0.15) is 11.5 Å². The van der Waals surface area contributed by atoms with Gasteiger partial charge in [0.15, 0.2) is 0 Å². The maximum absolute atomic E-state index is 5.81. The summed E-state index contributed by atoms with van der Waals surface area (Å²) in [6.45, 7) is 0.627. The van der Waals surface area contributed by atoms with Gasteiger partial charge in [-0.3, -0.25) is 0 Å². The van der Waals surface area contributed by atoms with Gasteiger partial charge >= 0.3 is 0 Å². The molecule has 100 valence electrons. The van der Waals surface area contributed by atoms with Gasteiger partial charge in [-0.05, 0) is 24.3 Å². The van der Waals surface area contributed by atoms with Crippen molar-refractivity contribution >= 4 is 5.69 Å². The zero-order valence-electron chi connectivity index (χ0n) is 11.0. The molecule has 1 aromatic heterocycles. The quantitative estimate of drug-likeness (QED) is 0.682. The molecule has 0 fully saturated rings. The van der Waals surface area contributed by atoms with Gasteiger partial charge in [0.25, 0.3) is 0 Å². The number of rotatable bonds is 5. The minimum atomic E-state index is 0.627. The lowest BCUT2D eigenvalue weighted by atomic mass is 10.2. The number of nitrogens with one attached hydrogen (secondary N) is 2. The average Bonchev–Trinajstić information content (AvgIpc) is 2.98. The van der Waals surface area contributed by atoms with Crippen LogP contribution in [0.15, 0.2) is 77.2 Å². The normalized spacial score (nSPS) is 10.4. The Bertz CT molecular complexity index is 647. The Kier molecular flexibility index (Phi) is 3.80. The molecule has 3 rings (SSSR count). The van der Waals surface area contributed by atoms with Crippen LogP contribution < -0.4 is 10.9 Å². The smallest absolute Gasteiger partial charge is 0.134 e. The van der Waals surface area contributed by atoms with E-state index in [4.69, 9.17) is 4.42 Å². The molecule has 0 aliphatic rings. The fourth-order valence-corrected chi connectivity index (χ4v) is 1.99. The molecule has 0 spiro atoms. The van der Waals surface area contributed by atoms with Crippen LogP contribution in [0.1, 0.15) is 5.76 Å². The van der Waals surface area contributed by atoms with E-state index in [1.807, 2.05) is 72.8 Å². The second-order valence-corrected chi connectivity index (χ2v) is 4.48. The van der Waals surface area contributed by atoms with Crippen molar-refractivity contribution in [3.63, 3.8) is 0 Å². The number of furan rings is 1. The van der Waals surface area contributed by atoms with Crippen LogP contribution in [0.3, 0.4) is 0 Å². The lowest BCUT2D eigenvalue weighted by Gasteiger charge is -2.06. The highest BCUT2D eigenvalue weighted by Crippen LogP contribution is 2.21. The molecule has 3 aromatic rings. The molecule has 0 saturated heterocycles. The zero-order valence-corrected chi connectivity index (χ0v) is 11.0. The number of benzene rings is 2. The van der Waals surface area contributed by atoms with Crippen LogP contribution in [-0.4, -0.2) is 0 Å². The molecule has 1 heterocycles. The Morgan fingerprint density at radius 3 is 2.20 bits per heavy atom. The molecule has 0 atom stereocenters. The minimum absolute atomic E-state index is 0.627. The Labute approximate surface area is 118 Å². The first-order chi connectivity index (χ1) is 9.92. The van der Waals surface area contributed by atoms with E-state index < -0.39 is 0 Å². The zero-order chi connectivity index (χ0) is 13.6. The molecule has 0 aliphatic carbocycles. The summed E-state index contributed by atoms with van der Waals surface area (Å²) < 4.78 is 5.81. The van der Waals surface area contributed by atoms with E-state index in [-0.39, 0.29) is 0 Å². The van der Waals surface area contributed by atoms with Crippen molar-refractivity contribution in [3.8, 4) is 11.3 Å². The first-order valence-corrected chi connectivity index (χ1v) is 6.60. The molecule has 0 amide bonds. The summed E-state index contributed by atoms with van der Waals surface area (Å²) in [6.07, 6.45) is 0. The van der Waals surface area contributed by atoms with Gasteiger partial charge in [-0.25, -0.2) is 5.43 Å². The van der Waals surface area contributed by atoms with Gasteiger partial charge in [-0.2, -0.15) is 0 Å². The van der Waals surface area contributed by atoms with Crippen LogP contribution in [0.4, 0.5) is 5.69 Å². The fraction of sp³-hybridized carbons (Fsp3) is 0.0588. The van der Waals surface area contributed by atoms with E-state index in [1.54, 1.807) is 0 Å². The molecule has 0 bridgehead atoms. The van der Waals surface area contributed by atoms with Crippen molar-refractivity contribution in [1.82, 2.24) is 5.43 Å². The van der Waals surface area contributed by atoms with E-state index in [1.165, 1.54) is 0 Å². The molecule has 0 aliphatic heterocycles. The summed E-state index contributed by atoms with van der Waals surface area (Å²) in [5.41, 5.74) is 8.39.